The van der Waals surface area contributed by atoms with E-state index in [-0.39, 0.29) is 18.3 Å². The van der Waals surface area contributed by atoms with E-state index >= 15 is 0 Å². The summed E-state index contributed by atoms with van der Waals surface area (Å²) in [7, 11) is -0.251. The molecule has 6 aliphatic carbocycles. The molecule has 0 N–H and O–H groups in total. The van der Waals surface area contributed by atoms with Crippen LogP contribution in [0.25, 0.3) is 0 Å². The molecule has 9 rings (SSSR count). The Balaban J connectivity index is 1.07. The molecule has 3 heteroatoms. The van der Waals surface area contributed by atoms with Crippen LogP contribution in [0.2, 0.25) is 0 Å². The fourth-order valence-corrected chi connectivity index (χ4v) is 9.32. The van der Waals surface area contributed by atoms with Gasteiger partial charge in [-0.2, -0.15) is 0 Å². The highest BCUT2D eigenvalue weighted by atomic mass is 16.7. The molecule has 0 amide bonds. The zero-order chi connectivity index (χ0) is 19.6. The molecule has 7 aliphatic rings. The Morgan fingerprint density at radius 1 is 0.586 bits per heavy atom. The van der Waals surface area contributed by atoms with E-state index in [1.165, 1.54) is 0 Å². The van der Waals surface area contributed by atoms with Crippen molar-refractivity contribution < 1.29 is 9.31 Å². The Morgan fingerprint density at radius 3 is 1.45 bits per heavy atom. The third-order valence-corrected chi connectivity index (χ3v) is 10.8. The summed E-state index contributed by atoms with van der Waals surface area (Å²) in [5, 5.41) is 0. The largest absolute Gasteiger partial charge is 0.494 e. The molecule has 0 radical (unpaired) electrons. The lowest BCUT2D eigenvalue weighted by molar-refractivity contribution is -0.596. The van der Waals surface area contributed by atoms with E-state index in [4.69, 9.17) is 9.31 Å². The molecule has 7 fully saturated rings. The van der Waals surface area contributed by atoms with Gasteiger partial charge in [-0.05, 0) is 79.8 Å². The molecule has 0 aromatic heterocycles. The molecule has 1 saturated heterocycles. The summed E-state index contributed by atoms with van der Waals surface area (Å²) in [6.07, 6.45) is 0. The highest BCUT2D eigenvalue weighted by molar-refractivity contribution is 6.62. The van der Waals surface area contributed by atoms with Crippen molar-refractivity contribution in [2.24, 2.45) is 35.5 Å². The maximum absolute atomic E-state index is 6.25. The van der Waals surface area contributed by atoms with Crippen molar-refractivity contribution >= 4 is 12.6 Å². The van der Waals surface area contributed by atoms with Crippen LogP contribution in [-0.4, -0.2) is 18.3 Å². The molecule has 6 saturated carbocycles. The average Bonchev–Trinajstić information content (AvgIpc) is 2.95. The molecule has 0 atom stereocenters. The zero-order valence-corrected chi connectivity index (χ0v) is 17.6. The van der Waals surface area contributed by atoms with Crippen molar-refractivity contribution in [3.63, 3.8) is 0 Å². The topological polar surface area (TPSA) is 18.5 Å². The second-order valence-electron chi connectivity index (χ2n) is 11.6. The lowest BCUT2D eigenvalue weighted by Gasteiger charge is -3.12. The standard InChI is InChI=1S/C26H27BO2/c1-23(2)24(3,4)29-27(28-23)16-12-10-15(11-13-16)26-20-17-21(26)19-22(26)18(20)25(17,19)14-8-6-5-7-9-14/h5-13,17-22H,1-4H3. The fourth-order valence-electron chi connectivity index (χ4n) is 9.32. The third-order valence-electron chi connectivity index (χ3n) is 10.8. The van der Waals surface area contributed by atoms with Gasteiger partial charge in [0, 0.05) is 10.8 Å². The normalized spacial score (nSPS) is 49.9. The van der Waals surface area contributed by atoms with Gasteiger partial charge in [-0.15, -0.1) is 0 Å². The fraction of sp³-hybridized carbons (Fsp3) is 0.538. The van der Waals surface area contributed by atoms with Crippen molar-refractivity contribution in [2.45, 2.75) is 49.7 Å². The number of rotatable bonds is 3. The van der Waals surface area contributed by atoms with Gasteiger partial charge in [-0.3, -0.25) is 0 Å². The van der Waals surface area contributed by atoms with Crippen LogP contribution in [0.15, 0.2) is 54.6 Å². The van der Waals surface area contributed by atoms with Crippen molar-refractivity contribution in [1.29, 1.82) is 0 Å². The molecule has 29 heavy (non-hydrogen) atoms. The van der Waals surface area contributed by atoms with Crippen molar-refractivity contribution in [1.82, 2.24) is 0 Å². The minimum atomic E-state index is -0.278. The van der Waals surface area contributed by atoms with Crippen molar-refractivity contribution in [3.8, 4) is 0 Å². The zero-order valence-electron chi connectivity index (χ0n) is 17.6. The van der Waals surface area contributed by atoms with Gasteiger partial charge < -0.3 is 9.31 Å². The molecule has 0 spiro atoms. The summed E-state index contributed by atoms with van der Waals surface area (Å²) in [6.45, 7) is 8.49. The summed E-state index contributed by atoms with van der Waals surface area (Å²) in [5.41, 5.74) is 5.00. The first-order valence-electron chi connectivity index (χ1n) is 11.4. The van der Waals surface area contributed by atoms with E-state index in [2.05, 4.69) is 82.3 Å². The van der Waals surface area contributed by atoms with E-state index in [1.54, 1.807) is 11.1 Å². The Bertz CT molecular complexity index is 1000. The summed E-state index contributed by atoms with van der Waals surface area (Å²) in [4.78, 5) is 0. The smallest absolute Gasteiger partial charge is 0.399 e. The molecule has 2 aromatic rings. The Hall–Kier alpha value is -1.58. The summed E-state index contributed by atoms with van der Waals surface area (Å²) in [5.74, 6) is 5.83. The summed E-state index contributed by atoms with van der Waals surface area (Å²) < 4.78 is 12.5. The van der Waals surface area contributed by atoms with E-state index < -0.39 is 0 Å². The first-order valence-corrected chi connectivity index (χ1v) is 11.4. The minimum absolute atomic E-state index is 0.251. The third kappa shape index (κ3) is 1.27. The quantitative estimate of drug-likeness (QED) is 0.749. The molecular formula is C26H27BO2. The van der Waals surface area contributed by atoms with Crippen LogP contribution in [0.1, 0.15) is 38.8 Å². The van der Waals surface area contributed by atoms with Gasteiger partial charge in [0.1, 0.15) is 0 Å². The second kappa shape index (κ2) is 4.25. The molecule has 2 aromatic carbocycles. The van der Waals surface area contributed by atoms with Crippen molar-refractivity contribution in [3.05, 3.63) is 65.7 Å². The SMILES string of the molecule is CC1(C)OB(c2ccc(C34C5C6C3C3C4C5C63c3ccccc3)cc2)OC1(C)C. The van der Waals surface area contributed by atoms with Crippen molar-refractivity contribution in [2.75, 3.05) is 0 Å². The maximum atomic E-state index is 6.25. The van der Waals surface area contributed by atoms with Gasteiger partial charge in [0.25, 0.3) is 0 Å². The summed E-state index contributed by atoms with van der Waals surface area (Å²) >= 11 is 0. The van der Waals surface area contributed by atoms with E-state index in [0.717, 1.165) is 41.0 Å². The van der Waals surface area contributed by atoms with Gasteiger partial charge in [0.15, 0.2) is 0 Å². The molecule has 1 heterocycles. The lowest BCUT2D eigenvalue weighted by atomic mass is 8.91. The Morgan fingerprint density at radius 2 is 1.00 bits per heavy atom. The number of hydrogen-bond donors (Lipinski definition) is 0. The van der Waals surface area contributed by atoms with Crippen LogP contribution in [0.3, 0.4) is 0 Å². The Labute approximate surface area is 173 Å². The first kappa shape index (κ1) is 16.2. The van der Waals surface area contributed by atoms with Gasteiger partial charge in [0.2, 0.25) is 0 Å². The predicted molar refractivity (Wildman–Crippen MR) is 113 cm³/mol. The monoisotopic (exact) mass is 382 g/mol. The van der Waals surface area contributed by atoms with Gasteiger partial charge >= 0.3 is 7.12 Å². The molecular weight excluding hydrogens is 355 g/mol. The maximum Gasteiger partial charge on any atom is 0.494 e. The second-order valence-corrected chi connectivity index (χ2v) is 11.6. The molecule has 2 nitrogen and oxygen atoms in total. The first-order chi connectivity index (χ1) is 13.9. The van der Waals surface area contributed by atoms with Gasteiger partial charge in [0.05, 0.1) is 11.2 Å². The van der Waals surface area contributed by atoms with E-state index in [0.29, 0.717) is 10.8 Å². The van der Waals surface area contributed by atoms with Crippen LogP contribution in [0.4, 0.5) is 0 Å². The Kier molecular flexibility index (Phi) is 2.37. The number of hydrogen-bond acceptors (Lipinski definition) is 2. The molecule has 0 unspecified atom stereocenters. The van der Waals surface area contributed by atoms with Gasteiger partial charge in [-0.25, -0.2) is 0 Å². The molecule has 1 aliphatic heterocycles. The lowest BCUT2D eigenvalue weighted by Crippen LogP contribution is -3.12. The highest BCUT2D eigenvalue weighted by Gasteiger charge is 3.09. The van der Waals surface area contributed by atoms with E-state index in [1.807, 2.05) is 0 Å². The average molecular weight is 382 g/mol. The van der Waals surface area contributed by atoms with E-state index in [9.17, 15) is 0 Å². The van der Waals surface area contributed by atoms with Crippen LogP contribution in [0, 0.1) is 35.5 Å². The number of benzene rings is 2. The predicted octanol–water partition coefficient (Wildman–Crippen LogP) is 3.93. The van der Waals surface area contributed by atoms with Crippen LogP contribution in [-0.2, 0) is 20.1 Å². The van der Waals surface area contributed by atoms with Crippen LogP contribution >= 0.6 is 0 Å². The van der Waals surface area contributed by atoms with Gasteiger partial charge in [-0.1, -0.05) is 54.6 Å². The minimum Gasteiger partial charge on any atom is -0.399 e. The van der Waals surface area contributed by atoms with Crippen LogP contribution in [0.5, 0.6) is 0 Å². The van der Waals surface area contributed by atoms with Crippen LogP contribution < -0.4 is 5.46 Å². The molecule has 146 valence electrons. The highest BCUT2D eigenvalue weighted by Crippen LogP contribution is 3.09. The molecule has 0 bridgehead atoms. The summed E-state index contributed by atoms with van der Waals surface area (Å²) in [6, 6.07) is 20.8.